The Morgan fingerprint density at radius 1 is 0.360 bits per heavy atom. The summed E-state index contributed by atoms with van der Waals surface area (Å²) in [5, 5.41) is 302. The monoisotopic (exact) mass is 1630 g/mol. The van der Waals surface area contributed by atoms with Crippen molar-refractivity contribution in [2.75, 3.05) is 66.1 Å². The highest BCUT2D eigenvalue weighted by Gasteiger charge is 2.63. The Morgan fingerprint density at radius 3 is 1.14 bits per heavy atom. The molecule has 0 unspecified atom stereocenters. The van der Waals surface area contributed by atoms with Crippen LogP contribution in [-0.4, -0.2) is 491 Å². The van der Waals surface area contributed by atoms with E-state index in [1.807, 2.05) is 0 Å². The number of aliphatic hydroxyl groups excluding tert-OH is 26. The van der Waals surface area contributed by atoms with Gasteiger partial charge in [-0.05, 0) is 0 Å². The van der Waals surface area contributed by atoms with Gasteiger partial charge in [-0.15, -0.1) is 0 Å². The van der Waals surface area contributed by atoms with Crippen molar-refractivity contribution in [2.24, 2.45) is 0 Å². The summed E-state index contributed by atoms with van der Waals surface area (Å²) in [6.45, 7) is -8.59. The van der Waals surface area contributed by atoms with E-state index in [0.29, 0.717) is 0 Å². The zero-order chi connectivity index (χ0) is 82.3. The second-order valence-corrected chi connectivity index (χ2v) is 27.6. The second-order valence-electron chi connectivity index (χ2n) is 27.6. The van der Waals surface area contributed by atoms with E-state index >= 15 is 0 Å². The van der Waals surface area contributed by atoms with Gasteiger partial charge in [-0.2, -0.15) is 0 Å². The zero-order valence-electron chi connectivity index (χ0n) is 59.3. The van der Waals surface area contributed by atoms with Crippen LogP contribution in [0.1, 0.15) is 27.2 Å². The van der Waals surface area contributed by atoms with E-state index in [-0.39, 0.29) is 0 Å². The van der Waals surface area contributed by atoms with Crippen LogP contribution in [0.4, 0.5) is 0 Å². The van der Waals surface area contributed by atoms with Crippen molar-refractivity contribution in [1.29, 1.82) is 0 Å². The average Bonchev–Trinajstić information content (AvgIpc) is 0.753. The molecule has 0 aliphatic carbocycles. The number of rotatable bonds is 33. The lowest BCUT2D eigenvalue weighted by Gasteiger charge is -2.51. The van der Waals surface area contributed by atoms with Gasteiger partial charge in [0.25, 0.3) is 5.79 Å². The maximum absolute atomic E-state index is 13.1. The van der Waals surface area contributed by atoms with Gasteiger partial charge in [0.15, 0.2) is 44.0 Å². The minimum atomic E-state index is -3.26. The largest absolute Gasteiger partial charge is 0.477 e. The Balaban J connectivity index is 1.01. The number of carbonyl (C=O) groups excluding carboxylic acids is 3. The van der Waals surface area contributed by atoms with Crippen LogP contribution in [0.3, 0.4) is 0 Å². The molecular weight excluding hydrogens is 1530 g/mol. The molecule has 43 atom stereocenters. The molecule has 8 saturated heterocycles. The molecule has 8 rings (SSSR count). The van der Waals surface area contributed by atoms with E-state index in [9.17, 15) is 157 Å². The first-order chi connectivity index (χ1) is 52.5. The molecule has 0 bridgehead atoms. The molecule has 111 heavy (non-hydrogen) atoms. The summed E-state index contributed by atoms with van der Waals surface area (Å²) in [6, 6.07) is -5.63. The Labute approximate surface area is 627 Å². The molecule has 50 heteroatoms. The number of aliphatic carboxylic acids is 1. The minimum absolute atomic E-state index is 0.861. The van der Waals surface area contributed by atoms with Gasteiger partial charge in [0.05, 0.1) is 78.2 Å². The van der Waals surface area contributed by atoms with Crippen molar-refractivity contribution >= 4 is 23.7 Å². The van der Waals surface area contributed by atoms with E-state index < -0.39 is 359 Å². The van der Waals surface area contributed by atoms with Gasteiger partial charge in [-0.3, -0.25) is 14.4 Å². The first-order valence-corrected chi connectivity index (χ1v) is 35.0. The van der Waals surface area contributed by atoms with Crippen molar-refractivity contribution in [1.82, 2.24) is 16.0 Å². The normalized spacial score (nSPS) is 46.3. The van der Waals surface area contributed by atoms with E-state index in [4.69, 9.17) is 75.8 Å². The van der Waals surface area contributed by atoms with Crippen LogP contribution in [-0.2, 0) is 95.0 Å². The van der Waals surface area contributed by atoms with Crippen molar-refractivity contribution in [3.8, 4) is 0 Å². The van der Waals surface area contributed by atoms with E-state index in [1.54, 1.807) is 0 Å². The molecule has 0 aromatic rings. The molecule has 0 saturated carbocycles. The van der Waals surface area contributed by atoms with Crippen molar-refractivity contribution in [2.45, 2.75) is 290 Å². The molecule has 50 nitrogen and oxygen atoms in total. The second kappa shape index (κ2) is 40.6. The van der Waals surface area contributed by atoms with E-state index in [0.717, 1.165) is 20.8 Å². The number of carbonyl (C=O) groups is 4. The molecule has 644 valence electrons. The number of aliphatic hydroxyl groups is 26. The molecule has 3 amide bonds. The molecule has 8 aliphatic heterocycles. The Hall–Kier alpha value is -3.80. The summed E-state index contributed by atoms with van der Waals surface area (Å²) in [6.07, 6.45) is -84.1. The minimum Gasteiger partial charge on any atom is -0.477 e. The van der Waals surface area contributed by atoms with Crippen molar-refractivity contribution in [3.05, 3.63) is 0 Å². The lowest BCUT2D eigenvalue weighted by atomic mass is 9.88. The van der Waals surface area contributed by atoms with Crippen LogP contribution < -0.4 is 16.0 Å². The Morgan fingerprint density at radius 2 is 0.703 bits per heavy atom. The van der Waals surface area contributed by atoms with E-state index in [2.05, 4.69) is 16.0 Å². The fraction of sp³-hybridized carbons (Fsp3) is 0.934. The molecule has 0 aromatic carbocycles. The molecule has 30 N–H and O–H groups in total. The van der Waals surface area contributed by atoms with Crippen LogP contribution in [0.15, 0.2) is 0 Å². The number of carboxylic acid groups (broad SMARTS) is 1. The van der Waals surface area contributed by atoms with Gasteiger partial charge < -0.3 is 230 Å². The highest BCUT2D eigenvalue weighted by Crippen LogP contribution is 2.42. The Kier molecular flexibility index (Phi) is 33.9. The summed E-state index contributed by atoms with van der Waals surface area (Å²) in [7, 11) is 0. The zero-order valence-corrected chi connectivity index (χ0v) is 59.3. The number of hydrogen-bond acceptors (Lipinski definition) is 46. The number of hydrogen-bond donors (Lipinski definition) is 30. The van der Waals surface area contributed by atoms with Crippen molar-refractivity contribution in [3.63, 3.8) is 0 Å². The average molecular weight is 1630 g/mol. The molecule has 0 aromatic heterocycles. The Bertz CT molecular complexity index is 2910. The van der Waals surface area contributed by atoms with Crippen LogP contribution in [0.25, 0.3) is 0 Å². The predicted molar refractivity (Wildman–Crippen MR) is 339 cm³/mol. The van der Waals surface area contributed by atoms with Gasteiger partial charge in [0, 0.05) is 27.2 Å². The first-order valence-electron chi connectivity index (χ1n) is 35.0. The van der Waals surface area contributed by atoms with E-state index in [1.165, 1.54) is 0 Å². The molecular formula is C61H103N3O47. The standard InChI is InChI=1S/C61H103N3O47/c1-15(75)62-29-18(78)4-61(60(94)95,110-49(29)32(81)20(80)6-66)111-51-35(84)24(10-70)99-59(43(51)92)105-46-26(12-72)100-53(30(36(46)85)63-16(2)76)108-50-34(83)23(9-69)98-58(42(50)91)106-47-27(13-73)102-56(41(90)39(47)88)107-48-28(14-74)103-57(96-21(7-67)19(79)5-65)44(93)52(48)109-54-31(64-17(3)77)37(86)45(25(11-71)101-54)104-55-40(89)38(87)33(82)22(8-68)97-55/h18-59,65-74,78-93H,4-14H2,1-3H3,(H,62,75)(H,63,76)(H,64,77)(H,94,95)/t18-,19+,20+,21-,22+,23+,24+,25+,26+,27+,28+,29+,30+,31+,32+,33-,34-,35-,36+,37+,38-,39+,40+,41+,42+,43+,44+,45+,46+,47+,48-,49+,50-,51-,52+,53-,54-,55-,56-,57+,58-,59-,61-/m0/s1. The fourth-order valence-corrected chi connectivity index (χ4v) is 14.0. The first kappa shape index (κ1) is 92.7. The van der Waals surface area contributed by atoms with Crippen LogP contribution in [0.2, 0.25) is 0 Å². The summed E-state index contributed by atoms with van der Waals surface area (Å²) in [5.41, 5.74) is 0. The van der Waals surface area contributed by atoms with Crippen LogP contribution in [0.5, 0.6) is 0 Å². The maximum atomic E-state index is 13.1. The quantitative estimate of drug-likeness (QED) is 0.0290. The topological polar surface area (TPSA) is 798 Å². The molecule has 8 heterocycles. The number of nitrogens with one attached hydrogen (secondary N) is 3. The van der Waals surface area contributed by atoms with Crippen LogP contribution in [0, 0.1) is 0 Å². The van der Waals surface area contributed by atoms with Gasteiger partial charge in [0.1, 0.15) is 201 Å². The van der Waals surface area contributed by atoms with Gasteiger partial charge in [-0.1, -0.05) is 0 Å². The summed E-state index contributed by atoms with van der Waals surface area (Å²) in [4.78, 5) is 51.0. The third-order valence-electron chi connectivity index (χ3n) is 19.9. The highest BCUT2D eigenvalue weighted by molar-refractivity contribution is 5.77. The fourth-order valence-electron chi connectivity index (χ4n) is 14.0. The molecule has 8 aliphatic rings. The van der Waals surface area contributed by atoms with Gasteiger partial charge in [0.2, 0.25) is 17.7 Å². The number of carboxylic acids is 1. The lowest BCUT2D eigenvalue weighted by molar-refractivity contribution is -0.401. The van der Waals surface area contributed by atoms with Gasteiger partial charge >= 0.3 is 5.97 Å². The summed E-state index contributed by atoms with van der Waals surface area (Å²) < 4.78 is 93.1. The summed E-state index contributed by atoms with van der Waals surface area (Å²) >= 11 is 0. The maximum Gasteiger partial charge on any atom is 0.364 e. The van der Waals surface area contributed by atoms with Crippen molar-refractivity contribution < 1.29 is 233 Å². The third kappa shape index (κ3) is 20.5. The number of ether oxygens (including phenoxy) is 16. The highest BCUT2D eigenvalue weighted by atomic mass is 16.8. The smallest absolute Gasteiger partial charge is 0.364 e. The predicted octanol–water partition coefficient (Wildman–Crippen LogP) is -20.1. The molecule has 0 spiro atoms. The number of amides is 3. The molecule has 0 radical (unpaired) electrons. The molecule has 8 fully saturated rings. The van der Waals surface area contributed by atoms with Crippen LogP contribution >= 0.6 is 0 Å². The van der Waals surface area contributed by atoms with Gasteiger partial charge in [-0.25, -0.2) is 4.79 Å². The lowest BCUT2D eigenvalue weighted by Crippen LogP contribution is -2.71. The SMILES string of the molecule is CC(=O)N[C@H]1[C@H](O[C@@H]2[C@@H](O)[C@H](O[C@@H](CO)[C@H](O)CO)O[C@H](CO)[C@@H]2O[C@@H]2O[C@H](CO)[C@@H](O[C@@H]3O[C@H](CO)[C@H](O)[C@H](O[C@@H]4O[C@H](CO)[C@@H](O[C@@H]5O[C@H](CO)[C@H](O)[C@H](O[C@]6(C(=O)O)C[C@H](O)[C@@H](NC(C)=O)[C@H]([C@H](O)[C@H](O)CO)O6)[C@H]5O)[C@H](O)[C@H]4NC(C)=O)[C@H]3O)[C@H](O)[C@H]2O)O[C@H](CO)[C@@H](O[C@@H]2O[C@H](CO)[C@H](O)[C@H](O)[C@H]2O)[C@@H]1O. The summed E-state index contributed by atoms with van der Waals surface area (Å²) in [5.74, 6) is -8.18. The third-order valence-corrected chi connectivity index (χ3v) is 19.9.